The van der Waals surface area contributed by atoms with Crippen molar-refractivity contribution in [2.24, 2.45) is 4.99 Å². The average Bonchev–Trinajstić information content (AvgIpc) is 3.06. The van der Waals surface area contributed by atoms with Crippen LogP contribution < -0.4 is 0 Å². The lowest BCUT2D eigenvalue weighted by Gasteiger charge is -2.32. The van der Waals surface area contributed by atoms with Gasteiger partial charge in [0.25, 0.3) is 0 Å². The van der Waals surface area contributed by atoms with E-state index >= 15 is 0 Å². The van der Waals surface area contributed by atoms with Gasteiger partial charge in [-0.15, -0.1) is 0 Å². The summed E-state index contributed by atoms with van der Waals surface area (Å²) in [4.78, 5) is 8.92. The third kappa shape index (κ3) is 2.28. The Bertz CT molecular complexity index is 1110. The molecule has 0 fully saturated rings. The SMILES string of the molecule is C=NCc1ccc2c(c1)-c1ccccc1C2(c1ccccc1)c1ccccn1. The molecule has 3 aromatic carbocycles. The summed E-state index contributed by atoms with van der Waals surface area (Å²) in [5.41, 5.74) is 8.09. The van der Waals surface area contributed by atoms with E-state index in [1.54, 1.807) is 0 Å². The van der Waals surface area contributed by atoms with Crippen molar-refractivity contribution >= 4 is 6.72 Å². The molecule has 4 aromatic rings. The van der Waals surface area contributed by atoms with E-state index in [1.807, 2.05) is 12.3 Å². The first-order chi connectivity index (χ1) is 13.9. The zero-order valence-corrected chi connectivity index (χ0v) is 15.5. The third-order valence-corrected chi connectivity index (χ3v) is 5.66. The van der Waals surface area contributed by atoms with Gasteiger partial charge in [0.2, 0.25) is 0 Å². The second-order valence-electron chi connectivity index (χ2n) is 7.14. The monoisotopic (exact) mass is 360 g/mol. The number of aliphatic imine (C=N–C) groups is 1. The Kier molecular flexibility index (Phi) is 3.91. The van der Waals surface area contributed by atoms with Crippen LogP contribution in [-0.2, 0) is 12.0 Å². The lowest BCUT2D eigenvalue weighted by atomic mass is 9.70. The number of nitrogens with zero attached hydrogens (tertiary/aromatic N) is 2. The van der Waals surface area contributed by atoms with E-state index in [0.717, 1.165) is 5.69 Å². The first-order valence-corrected chi connectivity index (χ1v) is 9.48. The quantitative estimate of drug-likeness (QED) is 0.380. The van der Waals surface area contributed by atoms with Crippen LogP contribution in [0.4, 0.5) is 0 Å². The van der Waals surface area contributed by atoms with Crippen molar-refractivity contribution in [1.82, 2.24) is 4.98 Å². The van der Waals surface area contributed by atoms with Crippen molar-refractivity contribution in [2.45, 2.75) is 12.0 Å². The van der Waals surface area contributed by atoms with Crippen LogP contribution in [0.25, 0.3) is 11.1 Å². The summed E-state index contributed by atoms with van der Waals surface area (Å²) in [7, 11) is 0. The minimum absolute atomic E-state index is 0.422. The van der Waals surface area contributed by atoms with Crippen LogP contribution in [0.3, 0.4) is 0 Å². The Morgan fingerprint density at radius 2 is 1.50 bits per heavy atom. The molecule has 0 N–H and O–H groups in total. The van der Waals surface area contributed by atoms with Crippen molar-refractivity contribution in [3.8, 4) is 11.1 Å². The fourth-order valence-electron chi connectivity index (χ4n) is 4.57. The molecule has 0 bridgehead atoms. The Morgan fingerprint density at radius 1 is 0.750 bits per heavy atom. The molecular formula is C26H20N2. The van der Waals surface area contributed by atoms with Crippen LogP contribution >= 0.6 is 0 Å². The van der Waals surface area contributed by atoms with E-state index in [9.17, 15) is 0 Å². The molecule has 1 unspecified atom stereocenters. The predicted octanol–water partition coefficient (Wildman–Crippen LogP) is 5.65. The summed E-state index contributed by atoms with van der Waals surface area (Å²) < 4.78 is 0. The fraction of sp³-hybridized carbons (Fsp3) is 0.0769. The number of hydrogen-bond acceptors (Lipinski definition) is 2. The maximum atomic E-state index is 4.84. The van der Waals surface area contributed by atoms with Crippen molar-refractivity contribution in [2.75, 3.05) is 0 Å². The van der Waals surface area contributed by atoms with Gasteiger partial charge in [0.05, 0.1) is 17.7 Å². The van der Waals surface area contributed by atoms with E-state index in [-0.39, 0.29) is 0 Å². The van der Waals surface area contributed by atoms with Crippen molar-refractivity contribution in [3.63, 3.8) is 0 Å². The van der Waals surface area contributed by atoms with Crippen molar-refractivity contribution < 1.29 is 0 Å². The van der Waals surface area contributed by atoms with Gasteiger partial charge >= 0.3 is 0 Å². The number of benzene rings is 3. The predicted molar refractivity (Wildman–Crippen MR) is 115 cm³/mol. The minimum atomic E-state index is -0.422. The molecule has 0 amide bonds. The van der Waals surface area contributed by atoms with Crippen LogP contribution in [0.5, 0.6) is 0 Å². The second-order valence-corrected chi connectivity index (χ2v) is 7.14. The van der Waals surface area contributed by atoms with Crippen LogP contribution in [-0.4, -0.2) is 11.7 Å². The van der Waals surface area contributed by atoms with Gasteiger partial charge < -0.3 is 0 Å². The van der Waals surface area contributed by atoms with Gasteiger partial charge in [-0.05, 0) is 58.3 Å². The standard InChI is InChI=1S/C26H20N2/c1-27-18-19-14-15-24-22(17-19)21-11-5-6-12-23(21)26(24,20-9-3-2-4-10-20)25-13-7-8-16-28-25/h2-17H,1,18H2. The number of hydrogen-bond donors (Lipinski definition) is 0. The Labute approximate surface area is 165 Å². The molecule has 5 rings (SSSR count). The van der Waals surface area contributed by atoms with Crippen LogP contribution in [0.1, 0.15) is 27.9 Å². The first-order valence-electron chi connectivity index (χ1n) is 9.48. The van der Waals surface area contributed by atoms with Gasteiger partial charge in [0, 0.05) is 6.20 Å². The Hall–Kier alpha value is -3.52. The maximum absolute atomic E-state index is 4.84. The van der Waals surface area contributed by atoms with Crippen LogP contribution in [0, 0.1) is 0 Å². The Morgan fingerprint density at radius 3 is 2.29 bits per heavy atom. The molecule has 0 saturated heterocycles. The number of pyridine rings is 1. The molecule has 134 valence electrons. The maximum Gasteiger partial charge on any atom is 0.0885 e. The lowest BCUT2D eigenvalue weighted by Crippen LogP contribution is -2.29. The van der Waals surface area contributed by atoms with Crippen LogP contribution in [0.15, 0.2) is 102 Å². The fourth-order valence-corrected chi connectivity index (χ4v) is 4.57. The third-order valence-electron chi connectivity index (χ3n) is 5.66. The van der Waals surface area contributed by atoms with E-state index in [2.05, 4.69) is 96.6 Å². The summed E-state index contributed by atoms with van der Waals surface area (Å²) in [6.45, 7) is 4.28. The minimum Gasteiger partial charge on any atom is -0.296 e. The highest BCUT2D eigenvalue weighted by Gasteiger charge is 2.46. The smallest absolute Gasteiger partial charge is 0.0885 e. The van der Waals surface area contributed by atoms with Gasteiger partial charge in [0.15, 0.2) is 0 Å². The number of fused-ring (bicyclic) bond motifs is 3. The lowest BCUT2D eigenvalue weighted by molar-refractivity contribution is 0.734. The molecule has 28 heavy (non-hydrogen) atoms. The zero-order chi connectivity index (χ0) is 19.0. The molecule has 0 radical (unpaired) electrons. The van der Waals surface area contributed by atoms with Crippen molar-refractivity contribution in [1.29, 1.82) is 0 Å². The highest BCUT2D eigenvalue weighted by molar-refractivity contribution is 5.86. The van der Waals surface area contributed by atoms with Gasteiger partial charge in [-0.3, -0.25) is 9.98 Å². The molecule has 1 aromatic heterocycles. The van der Waals surface area contributed by atoms with Gasteiger partial charge in [0.1, 0.15) is 0 Å². The molecule has 1 atom stereocenters. The average molecular weight is 360 g/mol. The topological polar surface area (TPSA) is 25.2 Å². The van der Waals surface area contributed by atoms with Gasteiger partial charge in [-0.1, -0.05) is 72.8 Å². The zero-order valence-electron chi connectivity index (χ0n) is 15.5. The van der Waals surface area contributed by atoms with E-state index in [1.165, 1.54) is 33.4 Å². The molecule has 0 spiro atoms. The van der Waals surface area contributed by atoms with Gasteiger partial charge in [-0.2, -0.15) is 0 Å². The van der Waals surface area contributed by atoms with Gasteiger partial charge in [-0.25, -0.2) is 0 Å². The van der Waals surface area contributed by atoms with E-state index in [4.69, 9.17) is 4.98 Å². The second kappa shape index (κ2) is 6.58. The molecule has 0 saturated carbocycles. The molecule has 1 aliphatic rings. The highest BCUT2D eigenvalue weighted by Crippen LogP contribution is 2.55. The highest BCUT2D eigenvalue weighted by atomic mass is 14.7. The summed E-state index contributed by atoms with van der Waals surface area (Å²) in [5, 5.41) is 0. The first kappa shape index (κ1) is 16.6. The molecular weight excluding hydrogens is 340 g/mol. The summed E-state index contributed by atoms with van der Waals surface area (Å²) in [5.74, 6) is 0. The van der Waals surface area contributed by atoms with Crippen molar-refractivity contribution in [3.05, 3.63) is 125 Å². The molecule has 1 heterocycles. The van der Waals surface area contributed by atoms with Crippen LogP contribution in [0.2, 0.25) is 0 Å². The van der Waals surface area contributed by atoms with E-state index < -0.39 is 5.41 Å². The molecule has 1 aliphatic carbocycles. The largest absolute Gasteiger partial charge is 0.296 e. The summed E-state index contributed by atoms with van der Waals surface area (Å²) in [6.07, 6.45) is 1.89. The number of rotatable bonds is 4. The normalized spacial score (nSPS) is 17.0. The number of aromatic nitrogens is 1. The molecule has 2 nitrogen and oxygen atoms in total. The summed E-state index contributed by atoms with van der Waals surface area (Å²) >= 11 is 0. The molecule has 2 heteroatoms. The Balaban J connectivity index is 1.92. The summed E-state index contributed by atoms with van der Waals surface area (Å²) in [6, 6.07) is 32.2. The molecule has 0 aliphatic heterocycles. The van der Waals surface area contributed by atoms with E-state index in [0.29, 0.717) is 6.54 Å².